The Hall–Kier alpha value is -3.65. The summed E-state index contributed by atoms with van der Waals surface area (Å²) in [5.41, 5.74) is 2.36. The number of nitrogens with one attached hydrogen (secondary N) is 2. The van der Waals surface area contributed by atoms with Gasteiger partial charge in [-0.05, 0) is 49.7 Å². The first-order valence-electron chi connectivity index (χ1n) is 10.1. The minimum atomic E-state index is -1.04. The number of likely N-dealkylation sites (tertiary alicyclic amines) is 1. The van der Waals surface area contributed by atoms with Crippen LogP contribution in [0.5, 0.6) is 0 Å². The van der Waals surface area contributed by atoms with Gasteiger partial charge in [0.2, 0.25) is 0 Å². The van der Waals surface area contributed by atoms with Crippen molar-refractivity contribution in [3.05, 3.63) is 65.9 Å². The third-order valence-corrected chi connectivity index (χ3v) is 5.70. The van der Waals surface area contributed by atoms with Gasteiger partial charge in [0.1, 0.15) is 6.04 Å². The number of fused-ring (bicyclic) bond motifs is 1. The molecule has 0 radical (unpaired) electrons. The van der Waals surface area contributed by atoms with Crippen LogP contribution in [0.1, 0.15) is 34.8 Å². The number of anilines is 1. The monoisotopic (exact) mass is 421 g/mol. The van der Waals surface area contributed by atoms with E-state index in [9.17, 15) is 24.6 Å². The average molecular weight is 421 g/mol. The molecule has 0 spiro atoms. The molecule has 0 unspecified atom stereocenters. The number of H-pyrrole nitrogens is 1. The second-order valence-electron chi connectivity index (χ2n) is 7.74. The summed E-state index contributed by atoms with van der Waals surface area (Å²) in [6.07, 6.45) is 2.82. The fourth-order valence-electron chi connectivity index (χ4n) is 4.17. The molecular weight excluding hydrogens is 398 g/mol. The summed E-state index contributed by atoms with van der Waals surface area (Å²) in [5.74, 6) is -2.78. The number of carboxylic acids is 2. The van der Waals surface area contributed by atoms with Crippen LogP contribution in [0.25, 0.3) is 10.9 Å². The van der Waals surface area contributed by atoms with Crippen molar-refractivity contribution in [3.63, 3.8) is 0 Å². The maximum atomic E-state index is 12.5. The highest BCUT2D eigenvalue weighted by atomic mass is 16.4. The van der Waals surface area contributed by atoms with E-state index in [4.69, 9.17) is 0 Å². The highest BCUT2D eigenvalue weighted by Gasteiger charge is 2.35. The van der Waals surface area contributed by atoms with Gasteiger partial charge in [-0.1, -0.05) is 18.2 Å². The zero-order chi connectivity index (χ0) is 22.0. The van der Waals surface area contributed by atoms with E-state index in [1.807, 2.05) is 6.07 Å². The van der Waals surface area contributed by atoms with E-state index < -0.39 is 23.9 Å². The lowest BCUT2D eigenvalue weighted by Crippen LogP contribution is -2.43. The Morgan fingerprint density at radius 1 is 1.10 bits per heavy atom. The van der Waals surface area contributed by atoms with E-state index >= 15 is 0 Å². The van der Waals surface area contributed by atoms with Crippen LogP contribution in [-0.4, -0.2) is 51.0 Å². The normalized spacial score (nSPS) is 17.9. The van der Waals surface area contributed by atoms with Crippen molar-refractivity contribution in [3.8, 4) is 0 Å². The van der Waals surface area contributed by atoms with Crippen molar-refractivity contribution in [2.45, 2.75) is 18.9 Å². The Labute approximate surface area is 178 Å². The fourth-order valence-corrected chi connectivity index (χ4v) is 4.17. The number of nitrogens with zero attached hydrogens (tertiary/aromatic N) is 1. The zero-order valence-corrected chi connectivity index (χ0v) is 16.7. The van der Waals surface area contributed by atoms with Gasteiger partial charge in [0.05, 0.1) is 5.92 Å². The topological polar surface area (TPSA) is 123 Å². The number of rotatable bonds is 6. The van der Waals surface area contributed by atoms with Gasteiger partial charge in [-0.15, -0.1) is 0 Å². The summed E-state index contributed by atoms with van der Waals surface area (Å²) in [5, 5.41) is 22.9. The van der Waals surface area contributed by atoms with Gasteiger partial charge in [-0.25, -0.2) is 0 Å². The summed E-state index contributed by atoms with van der Waals surface area (Å²) < 4.78 is 0. The van der Waals surface area contributed by atoms with Gasteiger partial charge in [0, 0.05) is 40.5 Å². The van der Waals surface area contributed by atoms with E-state index in [1.165, 1.54) is 0 Å². The predicted octanol–water partition coefficient (Wildman–Crippen LogP) is 3.34. The number of aromatic nitrogens is 1. The van der Waals surface area contributed by atoms with Gasteiger partial charge < -0.3 is 20.5 Å². The third-order valence-electron chi connectivity index (χ3n) is 5.70. The average Bonchev–Trinajstić information content (AvgIpc) is 3.17. The molecule has 1 aliphatic rings. The maximum absolute atomic E-state index is 12.5. The molecule has 1 saturated heterocycles. The van der Waals surface area contributed by atoms with Crippen LogP contribution < -0.4 is 5.32 Å². The summed E-state index contributed by atoms with van der Waals surface area (Å²) in [6.45, 7) is 0.696. The summed E-state index contributed by atoms with van der Waals surface area (Å²) in [7, 11) is 0. The van der Waals surface area contributed by atoms with Crippen molar-refractivity contribution in [2.75, 3.05) is 18.4 Å². The fraction of sp³-hybridized carbons (Fsp3) is 0.261. The Morgan fingerprint density at radius 2 is 1.87 bits per heavy atom. The minimum Gasteiger partial charge on any atom is -0.481 e. The lowest BCUT2D eigenvalue weighted by Gasteiger charge is -2.34. The van der Waals surface area contributed by atoms with Crippen LogP contribution in [0, 0.1) is 5.92 Å². The molecule has 4 N–H and O–H groups in total. The molecule has 8 nitrogen and oxygen atoms in total. The maximum Gasteiger partial charge on any atom is 0.325 e. The molecule has 2 atom stereocenters. The molecule has 0 bridgehead atoms. The number of aromatic amines is 1. The second kappa shape index (κ2) is 8.61. The van der Waals surface area contributed by atoms with Crippen LogP contribution in [0.4, 0.5) is 5.69 Å². The first-order valence-corrected chi connectivity index (χ1v) is 10.1. The summed E-state index contributed by atoms with van der Waals surface area (Å²) >= 11 is 0. The Morgan fingerprint density at radius 3 is 2.58 bits per heavy atom. The second-order valence-corrected chi connectivity index (χ2v) is 7.74. The molecular formula is C23H23N3O5. The zero-order valence-electron chi connectivity index (χ0n) is 16.7. The molecule has 0 saturated carbocycles. The van der Waals surface area contributed by atoms with Crippen molar-refractivity contribution >= 4 is 34.4 Å². The van der Waals surface area contributed by atoms with Crippen molar-refractivity contribution < 1.29 is 24.6 Å². The Bertz CT molecular complexity index is 1120. The molecule has 3 aromatic rings. The minimum absolute atomic E-state index is 0.184. The first kappa shape index (κ1) is 20.6. The number of benzene rings is 2. The first-order chi connectivity index (χ1) is 14.9. The number of aliphatic carboxylic acids is 2. The van der Waals surface area contributed by atoms with Crippen molar-refractivity contribution in [1.29, 1.82) is 0 Å². The van der Waals surface area contributed by atoms with Gasteiger partial charge in [0.25, 0.3) is 5.91 Å². The summed E-state index contributed by atoms with van der Waals surface area (Å²) in [6, 6.07) is 13.1. The molecule has 1 fully saturated rings. The Balaban J connectivity index is 1.64. The number of carbonyl (C=O) groups is 3. The van der Waals surface area contributed by atoms with Gasteiger partial charge in [0.15, 0.2) is 0 Å². The predicted molar refractivity (Wildman–Crippen MR) is 115 cm³/mol. The number of hydrogen-bond donors (Lipinski definition) is 4. The molecule has 4 rings (SSSR count). The van der Waals surface area contributed by atoms with Gasteiger partial charge >= 0.3 is 11.9 Å². The van der Waals surface area contributed by atoms with Crippen molar-refractivity contribution in [2.24, 2.45) is 5.92 Å². The molecule has 2 aromatic carbocycles. The lowest BCUT2D eigenvalue weighted by molar-refractivity contribution is -0.149. The highest BCUT2D eigenvalue weighted by molar-refractivity contribution is 6.05. The smallest absolute Gasteiger partial charge is 0.325 e. The Kier molecular flexibility index (Phi) is 5.73. The standard InChI is InChI=1S/C23H23N3O5/c27-21(14-5-2-1-3-6-14)25-16-8-9-19-17(11-16)18(12-24-19)20(23(30)31)26-10-4-7-15(13-26)22(28)29/h1-3,5-6,8-9,11-12,15,20,24H,4,7,10,13H2,(H,25,27)(H,28,29)(H,30,31)/t15-,20+/m0/s1. The molecule has 1 amide bonds. The van der Waals surface area contributed by atoms with Gasteiger partial charge in [-0.2, -0.15) is 0 Å². The number of piperidine rings is 1. The molecule has 1 aliphatic heterocycles. The molecule has 2 heterocycles. The third kappa shape index (κ3) is 4.29. The van der Waals surface area contributed by atoms with E-state index in [2.05, 4.69) is 10.3 Å². The SMILES string of the molecule is O=C(Nc1ccc2[nH]cc([C@H](C(=O)O)N3CCC[C@H](C(=O)O)C3)c2c1)c1ccccc1. The molecule has 160 valence electrons. The highest BCUT2D eigenvalue weighted by Crippen LogP contribution is 2.33. The van der Waals surface area contributed by atoms with Crippen LogP contribution >= 0.6 is 0 Å². The number of hydrogen-bond acceptors (Lipinski definition) is 4. The van der Waals surface area contributed by atoms with Crippen LogP contribution in [0.15, 0.2) is 54.7 Å². The quantitative estimate of drug-likeness (QED) is 0.484. The van der Waals surface area contributed by atoms with Crippen molar-refractivity contribution in [1.82, 2.24) is 9.88 Å². The molecule has 31 heavy (non-hydrogen) atoms. The van der Waals surface area contributed by atoms with E-state index in [-0.39, 0.29) is 12.5 Å². The van der Waals surface area contributed by atoms with E-state index in [0.717, 1.165) is 5.52 Å². The van der Waals surface area contributed by atoms with Crippen LogP contribution in [-0.2, 0) is 9.59 Å². The number of carbonyl (C=O) groups excluding carboxylic acids is 1. The lowest BCUT2D eigenvalue weighted by atomic mass is 9.94. The molecule has 0 aliphatic carbocycles. The molecule has 1 aromatic heterocycles. The molecule has 8 heteroatoms. The van der Waals surface area contributed by atoms with Crippen LogP contribution in [0.2, 0.25) is 0 Å². The van der Waals surface area contributed by atoms with E-state index in [0.29, 0.717) is 41.6 Å². The van der Waals surface area contributed by atoms with Gasteiger partial charge in [-0.3, -0.25) is 19.3 Å². The van der Waals surface area contributed by atoms with Crippen LogP contribution in [0.3, 0.4) is 0 Å². The largest absolute Gasteiger partial charge is 0.481 e. The van der Waals surface area contributed by atoms with E-state index in [1.54, 1.807) is 53.6 Å². The summed E-state index contributed by atoms with van der Waals surface area (Å²) in [4.78, 5) is 40.9. The number of amides is 1. The number of carboxylic acid groups (broad SMARTS) is 2.